The maximum Gasteiger partial charge on any atom is 0.147 e. The van der Waals surface area contributed by atoms with Crippen LogP contribution >= 0.6 is 0 Å². The van der Waals surface area contributed by atoms with Gasteiger partial charge in [-0.25, -0.2) is 0 Å². The van der Waals surface area contributed by atoms with Crippen LogP contribution in [0.15, 0.2) is 0 Å². The standard InChI is InChI=1S/C7H12O4/c8-5-1-2-10-7(5)6-3-9-4-11-6/h5-8H,1-4H2/t5?,6-,7?/m1/s1. The fraction of sp³-hybridized carbons (Fsp3) is 1.00. The minimum atomic E-state index is -0.373. The third kappa shape index (κ3) is 1.39. The fourth-order valence-corrected chi connectivity index (χ4v) is 1.49. The molecule has 0 aromatic heterocycles. The number of rotatable bonds is 1. The van der Waals surface area contributed by atoms with Gasteiger partial charge in [0.1, 0.15) is 19.0 Å². The molecule has 11 heavy (non-hydrogen) atoms. The van der Waals surface area contributed by atoms with Gasteiger partial charge in [-0.1, -0.05) is 0 Å². The summed E-state index contributed by atoms with van der Waals surface area (Å²) in [6.07, 6.45) is 0.108. The summed E-state index contributed by atoms with van der Waals surface area (Å²) in [6, 6.07) is 0. The molecule has 0 amide bonds. The monoisotopic (exact) mass is 160 g/mol. The Labute approximate surface area is 65.1 Å². The molecular formula is C7H12O4. The number of aliphatic hydroxyl groups excluding tert-OH is 1. The minimum absolute atomic E-state index is 0.0625. The Kier molecular flexibility index (Phi) is 2.09. The zero-order chi connectivity index (χ0) is 7.68. The highest BCUT2D eigenvalue weighted by Crippen LogP contribution is 2.21. The van der Waals surface area contributed by atoms with E-state index in [4.69, 9.17) is 14.2 Å². The lowest BCUT2D eigenvalue weighted by Crippen LogP contribution is -2.35. The molecule has 64 valence electrons. The second-order valence-electron chi connectivity index (χ2n) is 2.89. The molecule has 2 rings (SSSR count). The van der Waals surface area contributed by atoms with Crippen LogP contribution in [0.3, 0.4) is 0 Å². The molecule has 2 heterocycles. The van der Waals surface area contributed by atoms with E-state index in [0.29, 0.717) is 26.4 Å². The molecule has 2 aliphatic rings. The Morgan fingerprint density at radius 2 is 2.18 bits per heavy atom. The van der Waals surface area contributed by atoms with Crippen LogP contribution in [-0.2, 0) is 14.2 Å². The first kappa shape index (κ1) is 7.49. The molecule has 0 spiro atoms. The van der Waals surface area contributed by atoms with Gasteiger partial charge in [0.25, 0.3) is 0 Å². The van der Waals surface area contributed by atoms with E-state index in [0.717, 1.165) is 0 Å². The molecule has 0 saturated carbocycles. The first-order valence-corrected chi connectivity index (χ1v) is 3.87. The van der Waals surface area contributed by atoms with Crippen molar-refractivity contribution in [3.05, 3.63) is 0 Å². The second kappa shape index (κ2) is 3.06. The molecule has 0 aromatic carbocycles. The van der Waals surface area contributed by atoms with E-state index in [-0.39, 0.29) is 18.3 Å². The Balaban J connectivity index is 1.92. The first-order valence-electron chi connectivity index (χ1n) is 3.87. The molecule has 0 radical (unpaired) electrons. The summed E-state index contributed by atoms with van der Waals surface area (Å²) in [7, 11) is 0. The third-order valence-electron chi connectivity index (χ3n) is 2.12. The molecule has 4 nitrogen and oxygen atoms in total. The van der Waals surface area contributed by atoms with Gasteiger partial charge in [-0.2, -0.15) is 0 Å². The summed E-state index contributed by atoms with van der Waals surface area (Å²) in [6.45, 7) is 1.50. The number of ether oxygens (including phenoxy) is 3. The summed E-state index contributed by atoms with van der Waals surface area (Å²) in [5.74, 6) is 0. The van der Waals surface area contributed by atoms with E-state index in [1.54, 1.807) is 0 Å². The minimum Gasteiger partial charge on any atom is -0.390 e. The average Bonchev–Trinajstić information content (AvgIpc) is 2.55. The summed E-state index contributed by atoms with van der Waals surface area (Å²) in [5, 5.41) is 9.39. The predicted octanol–water partition coefficient (Wildman–Crippen LogP) is -0.491. The van der Waals surface area contributed by atoms with Gasteiger partial charge in [0.2, 0.25) is 0 Å². The predicted molar refractivity (Wildman–Crippen MR) is 36.1 cm³/mol. The highest BCUT2D eigenvalue weighted by atomic mass is 16.7. The van der Waals surface area contributed by atoms with Crippen molar-refractivity contribution < 1.29 is 19.3 Å². The van der Waals surface area contributed by atoms with Gasteiger partial charge in [0, 0.05) is 6.61 Å². The van der Waals surface area contributed by atoms with E-state index < -0.39 is 0 Å². The molecule has 3 atom stereocenters. The van der Waals surface area contributed by atoms with E-state index in [1.165, 1.54) is 0 Å². The molecule has 2 saturated heterocycles. The number of hydrogen-bond acceptors (Lipinski definition) is 4. The van der Waals surface area contributed by atoms with Crippen LogP contribution in [0, 0.1) is 0 Å². The molecule has 0 aliphatic carbocycles. The number of aliphatic hydroxyl groups is 1. The van der Waals surface area contributed by atoms with Crippen LogP contribution in [0.1, 0.15) is 6.42 Å². The quantitative estimate of drug-likeness (QED) is 0.562. The topological polar surface area (TPSA) is 47.9 Å². The van der Waals surface area contributed by atoms with Crippen LogP contribution < -0.4 is 0 Å². The van der Waals surface area contributed by atoms with E-state index >= 15 is 0 Å². The molecule has 0 bridgehead atoms. The fourth-order valence-electron chi connectivity index (χ4n) is 1.49. The molecule has 4 heteroatoms. The highest BCUT2D eigenvalue weighted by molar-refractivity contribution is 4.83. The highest BCUT2D eigenvalue weighted by Gasteiger charge is 2.36. The van der Waals surface area contributed by atoms with Gasteiger partial charge < -0.3 is 19.3 Å². The largest absolute Gasteiger partial charge is 0.390 e. The van der Waals surface area contributed by atoms with Crippen molar-refractivity contribution in [3.63, 3.8) is 0 Å². The second-order valence-corrected chi connectivity index (χ2v) is 2.89. The normalized spacial score (nSPS) is 45.0. The summed E-state index contributed by atoms with van der Waals surface area (Å²) in [5.41, 5.74) is 0. The van der Waals surface area contributed by atoms with Gasteiger partial charge in [0.15, 0.2) is 0 Å². The van der Waals surface area contributed by atoms with Crippen molar-refractivity contribution in [1.82, 2.24) is 0 Å². The molecule has 2 unspecified atom stereocenters. The maximum atomic E-state index is 9.39. The van der Waals surface area contributed by atoms with Crippen molar-refractivity contribution in [2.75, 3.05) is 20.0 Å². The lowest BCUT2D eigenvalue weighted by molar-refractivity contribution is -0.0552. The van der Waals surface area contributed by atoms with E-state index in [2.05, 4.69) is 0 Å². The van der Waals surface area contributed by atoms with Gasteiger partial charge in [0.05, 0.1) is 12.7 Å². The number of hydrogen-bond donors (Lipinski definition) is 1. The van der Waals surface area contributed by atoms with Crippen LogP contribution in [0.2, 0.25) is 0 Å². The Hall–Kier alpha value is -0.160. The Morgan fingerprint density at radius 1 is 1.27 bits per heavy atom. The lowest BCUT2D eigenvalue weighted by atomic mass is 10.1. The first-order chi connectivity index (χ1) is 5.38. The lowest BCUT2D eigenvalue weighted by Gasteiger charge is -2.18. The third-order valence-corrected chi connectivity index (χ3v) is 2.12. The summed E-state index contributed by atoms with van der Waals surface area (Å²) < 4.78 is 15.5. The molecule has 0 aromatic rings. The molecular weight excluding hydrogens is 148 g/mol. The van der Waals surface area contributed by atoms with Crippen LogP contribution in [0.5, 0.6) is 0 Å². The van der Waals surface area contributed by atoms with Crippen molar-refractivity contribution >= 4 is 0 Å². The maximum absolute atomic E-state index is 9.39. The molecule has 1 N–H and O–H groups in total. The molecule has 2 aliphatic heterocycles. The smallest absolute Gasteiger partial charge is 0.147 e. The van der Waals surface area contributed by atoms with Gasteiger partial charge in [-0.15, -0.1) is 0 Å². The van der Waals surface area contributed by atoms with Crippen molar-refractivity contribution in [1.29, 1.82) is 0 Å². The van der Waals surface area contributed by atoms with Crippen LogP contribution in [0.4, 0.5) is 0 Å². The zero-order valence-corrected chi connectivity index (χ0v) is 6.23. The van der Waals surface area contributed by atoms with Crippen molar-refractivity contribution in [3.8, 4) is 0 Å². The summed E-state index contributed by atoms with van der Waals surface area (Å²) >= 11 is 0. The van der Waals surface area contributed by atoms with Crippen molar-refractivity contribution in [2.24, 2.45) is 0 Å². The Bertz CT molecular complexity index is 132. The van der Waals surface area contributed by atoms with Gasteiger partial charge in [-0.05, 0) is 6.42 Å². The van der Waals surface area contributed by atoms with Crippen molar-refractivity contribution in [2.45, 2.75) is 24.7 Å². The van der Waals surface area contributed by atoms with Crippen LogP contribution in [0.25, 0.3) is 0 Å². The molecule has 2 fully saturated rings. The van der Waals surface area contributed by atoms with Gasteiger partial charge in [-0.3, -0.25) is 0 Å². The SMILES string of the molecule is OC1CCOC1[C@H]1COCO1. The van der Waals surface area contributed by atoms with Crippen LogP contribution in [-0.4, -0.2) is 43.4 Å². The van der Waals surface area contributed by atoms with E-state index in [1.807, 2.05) is 0 Å². The average molecular weight is 160 g/mol. The Morgan fingerprint density at radius 3 is 2.73 bits per heavy atom. The van der Waals surface area contributed by atoms with Gasteiger partial charge >= 0.3 is 0 Å². The van der Waals surface area contributed by atoms with E-state index in [9.17, 15) is 5.11 Å². The zero-order valence-electron chi connectivity index (χ0n) is 6.23. The summed E-state index contributed by atoms with van der Waals surface area (Å²) in [4.78, 5) is 0.